The Morgan fingerprint density at radius 1 is 1.31 bits per heavy atom. The highest BCUT2D eigenvalue weighted by molar-refractivity contribution is 9.10. The molecule has 5 heteroatoms. The molecule has 0 aliphatic heterocycles. The van der Waals surface area contributed by atoms with E-state index in [1.54, 1.807) is 0 Å². The lowest BCUT2D eigenvalue weighted by molar-refractivity contribution is 0.515. The van der Waals surface area contributed by atoms with E-state index < -0.39 is 0 Å². The van der Waals surface area contributed by atoms with Crippen LogP contribution in [-0.4, -0.2) is 14.8 Å². The summed E-state index contributed by atoms with van der Waals surface area (Å²) in [6.07, 6.45) is 0. The number of hydrogen-bond acceptors (Lipinski definition) is 2. The summed E-state index contributed by atoms with van der Waals surface area (Å²) in [7, 11) is 0. The third kappa shape index (κ3) is 2.09. The second-order valence-electron chi connectivity index (χ2n) is 3.82. The van der Waals surface area contributed by atoms with E-state index in [0.717, 1.165) is 10.0 Å². The van der Waals surface area contributed by atoms with Gasteiger partial charge in [-0.1, -0.05) is 28.1 Å². The fraction of sp³-hybridized carbons (Fsp3) is 0.273. The first-order chi connectivity index (χ1) is 7.58. The van der Waals surface area contributed by atoms with E-state index in [1.165, 1.54) is 4.68 Å². The summed E-state index contributed by atoms with van der Waals surface area (Å²) in [5.74, 6) is 0.603. The minimum absolute atomic E-state index is 0.0629. The van der Waals surface area contributed by atoms with Crippen molar-refractivity contribution >= 4 is 15.9 Å². The molecule has 0 aliphatic rings. The van der Waals surface area contributed by atoms with Gasteiger partial charge in [-0.15, -0.1) is 5.10 Å². The molecule has 1 N–H and O–H groups in total. The molecule has 0 saturated carbocycles. The van der Waals surface area contributed by atoms with Crippen LogP contribution < -0.4 is 5.69 Å². The van der Waals surface area contributed by atoms with Gasteiger partial charge in [-0.3, -0.25) is 4.98 Å². The minimum atomic E-state index is -0.173. The van der Waals surface area contributed by atoms with Gasteiger partial charge in [0.25, 0.3) is 0 Å². The predicted octanol–water partition coefficient (Wildman–Crippen LogP) is 2.58. The molecule has 2 rings (SSSR count). The highest BCUT2D eigenvalue weighted by Gasteiger charge is 2.09. The molecule has 0 amide bonds. The Labute approximate surface area is 101 Å². The molecule has 2 aromatic rings. The van der Waals surface area contributed by atoms with Crippen molar-refractivity contribution in [2.24, 2.45) is 0 Å². The molecule has 0 radical (unpaired) electrons. The Bertz CT molecular complexity index is 539. The van der Waals surface area contributed by atoms with Gasteiger partial charge >= 0.3 is 5.69 Å². The van der Waals surface area contributed by atoms with Gasteiger partial charge in [0.15, 0.2) is 5.82 Å². The van der Waals surface area contributed by atoms with E-state index in [0.29, 0.717) is 5.82 Å². The molecule has 1 heterocycles. The number of aromatic amines is 1. The van der Waals surface area contributed by atoms with Gasteiger partial charge < -0.3 is 0 Å². The van der Waals surface area contributed by atoms with Crippen molar-refractivity contribution in [2.75, 3.05) is 0 Å². The van der Waals surface area contributed by atoms with Crippen molar-refractivity contribution in [3.8, 4) is 11.4 Å². The third-order valence-corrected chi connectivity index (χ3v) is 2.78. The highest BCUT2D eigenvalue weighted by atomic mass is 79.9. The summed E-state index contributed by atoms with van der Waals surface area (Å²) < 4.78 is 2.44. The number of H-pyrrole nitrogens is 1. The van der Waals surface area contributed by atoms with E-state index in [-0.39, 0.29) is 11.7 Å². The van der Waals surface area contributed by atoms with Gasteiger partial charge in [0.2, 0.25) is 0 Å². The van der Waals surface area contributed by atoms with E-state index >= 15 is 0 Å². The molecule has 84 valence electrons. The first-order valence-corrected chi connectivity index (χ1v) is 5.82. The fourth-order valence-electron chi connectivity index (χ4n) is 1.42. The maximum atomic E-state index is 11.6. The number of aromatic nitrogens is 3. The zero-order valence-corrected chi connectivity index (χ0v) is 10.7. The first-order valence-electron chi connectivity index (χ1n) is 5.02. The topological polar surface area (TPSA) is 50.7 Å². The lowest BCUT2D eigenvalue weighted by Crippen LogP contribution is -2.19. The lowest BCUT2D eigenvalue weighted by atomic mass is 10.2. The number of benzene rings is 1. The average molecular weight is 282 g/mol. The maximum Gasteiger partial charge on any atom is 0.343 e. The van der Waals surface area contributed by atoms with Crippen LogP contribution in [0.3, 0.4) is 0 Å². The van der Waals surface area contributed by atoms with Crippen LogP contribution in [0.5, 0.6) is 0 Å². The Morgan fingerprint density at radius 2 is 1.94 bits per heavy atom. The summed E-state index contributed by atoms with van der Waals surface area (Å²) in [6, 6.07) is 7.72. The average Bonchev–Trinajstić information content (AvgIpc) is 2.61. The molecule has 0 bridgehead atoms. The minimum Gasteiger partial charge on any atom is -0.289 e. The summed E-state index contributed by atoms with van der Waals surface area (Å²) >= 11 is 3.36. The molecule has 0 fully saturated rings. The van der Waals surface area contributed by atoms with Crippen LogP contribution in [0.2, 0.25) is 0 Å². The number of nitrogens with zero attached hydrogens (tertiary/aromatic N) is 2. The quantitative estimate of drug-likeness (QED) is 0.920. The summed E-state index contributed by atoms with van der Waals surface area (Å²) in [5, 5.41) is 4.24. The summed E-state index contributed by atoms with van der Waals surface area (Å²) in [6.45, 7) is 3.85. The van der Waals surface area contributed by atoms with Gasteiger partial charge in [-0.25, -0.2) is 9.48 Å². The van der Waals surface area contributed by atoms with Crippen LogP contribution >= 0.6 is 15.9 Å². The normalized spacial score (nSPS) is 11.0. The first kappa shape index (κ1) is 11.1. The Balaban J connectivity index is 2.45. The van der Waals surface area contributed by atoms with E-state index in [2.05, 4.69) is 26.0 Å². The molecule has 4 nitrogen and oxygen atoms in total. The van der Waals surface area contributed by atoms with Crippen LogP contribution in [0.1, 0.15) is 19.9 Å². The Hall–Kier alpha value is -1.36. The molecular weight excluding hydrogens is 270 g/mol. The predicted molar refractivity (Wildman–Crippen MR) is 66.4 cm³/mol. The van der Waals surface area contributed by atoms with Gasteiger partial charge in [0.1, 0.15) is 0 Å². The van der Waals surface area contributed by atoms with Gasteiger partial charge in [0.05, 0.1) is 6.04 Å². The van der Waals surface area contributed by atoms with E-state index in [1.807, 2.05) is 38.1 Å². The second kappa shape index (κ2) is 4.25. The van der Waals surface area contributed by atoms with Crippen LogP contribution in [0.15, 0.2) is 33.5 Å². The van der Waals surface area contributed by atoms with Crippen molar-refractivity contribution in [1.29, 1.82) is 0 Å². The van der Waals surface area contributed by atoms with Crippen LogP contribution in [-0.2, 0) is 0 Å². The standard InChI is InChI=1S/C11H12BrN3O/c1-7(2)15-11(16)13-10(14-15)8-3-5-9(12)6-4-8/h3-7H,1-2H3,(H,13,14,16). The van der Waals surface area contributed by atoms with Crippen LogP contribution in [0.4, 0.5) is 0 Å². The van der Waals surface area contributed by atoms with Crippen molar-refractivity contribution in [1.82, 2.24) is 14.8 Å². The molecule has 16 heavy (non-hydrogen) atoms. The van der Waals surface area contributed by atoms with Crippen molar-refractivity contribution in [3.63, 3.8) is 0 Å². The van der Waals surface area contributed by atoms with Crippen molar-refractivity contribution < 1.29 is 0 Å². The molecule has 0 atom stereocenters. The smallest absolute Gasteiger partial charge is 0.289 e. The number of rotatable bonds is 2. The summed E-state index contributed by atoms with van der Waals surface area (Å²) in [5.41, 5.74) is 0.729. The molecule has 0 saturated heterocycles. The van der Waals surface area contributed by atoms with E-state index in [4.69, 9.17) is 0 Å². The molecule has 0 aliphatic carbocycles. The van der Waals surface area contributed by atoms with Crippen LogP contribution in [0.25, 0.3) is 11.4 Å². The number of nitrogens with one attached hydrogen (secondary N) is 1. The monoisotopic (exact) mass is 281 g/mol. The van der Waals surface area contributed by atoms with Crippen LogP contribution in [0, 0.1) is 0 Å². The lowest BCUT2D eigenvalue weighted by Gasteiger charge is -2.01. The fourth-order valence-corrected chi connectivity index (χ4v) is 1.69. The number of hydrogen-bond donors (Lipinski definition) is 1. The van der Waals surface area contributed by atoms with Gasteiger partial charge in [-0.05, 0) is 26.0 Å². The molecule has 0 unspecified atom stereocenters. The van der Waals surface area contributed by atoms with E-state index in [9.17, 15) is 4.79 Å². The second-order valence-corrected chi connectivity index (χ2v) is 4.74. The zero-order valence-electron chi connectivity index (χ0n) is 9.07. The molecule has 1 aromatic carbocycles. The third-order valence-electron chi connectivity index (χ3n) is 2.25. The maximum absolute atomic E-state index is 11.6. The Morgan fingerprint density at radius 3 is 2.44 bits per heavy atom. The van der Waals surface area contributed by atoms with Gasteiger partial charge in [0, 0.05) is 10.0 Å². The molecular formula is C11H12BrN3O. The Kier molecular flexibility index (Phi) is 2.96. The largest absolute Gasteiger partial charge is 0.343 e. The van der Waals surface area contributed by atoms with Gasteiger partial charge in [-0.2, -0.15) is 0 Å². The number of halogens is 1. The SMILES string of the molecule is CC(C)n1nc(-c2ccc(Br)cc2)[nH]c1=O. The highest BCUT2D eigenvalue weighted by Crippen LogP contribution is 2.17. The zero-order chi connectivity index (χ0) is 11.7. The molecule has 1 aromatic heterocycles. The molecule has 0 spiro atoms. The van der Waals surface area contributed by atoms with Crippen molar-refractivity contribution in [3.05, 3.63) is 39.2 Å². The van der Waals surface area contributed by atoms with Crippen molar-refractivity contribution in [2.45, 2.75) is 19.9 Å². The summed E-state index contributed by atoms with van der Waals surface area (Å²) in [4.78, 5) is 14.3.